The van der Waals surface area contributed by atoms with E-state index in [1.165, 1.54) is 0 Å². The minimum atomic E-state index is -0.0610. The van der Waals surface area contributed by atoms with Gasteiger partial charge in [0.1, 0.15) is 0 Å². The van der Waals surface area contributed by atoms with E-state index in [2.05, 4.69) is 5.32 Å². The number of carbonyl (C=O) groups is 1. The van der Waals surface area contributed by atoms with Gasteiger partial charge in [0.15, 0.2) is 0 Å². The first-order valence-electron chi connectivity index (χ1n) is 5.12. The molecule has 0 bridgehead atoms. The molecule has 0 aromatic heterocycles. The summed E-state index contributed by atoms with van der Waals surface area (Å²) in [6.45, 7) is 1.40. The van der Waals surface area contributed by atoms with Crippen molar-refractivity contribution in [2.45, 2.75) is 12.5 Å². The number of likely N-dealkylation sites (tertiary alicyclic amines) is 1. The van der Waals surface area contributed by atoms with E-state index in [0.29, 0.717) is 6.54 Å². The van der Waals surface area contributed by atoms with Gasteiger partial charge in [0.05, 0.1) is 0 Å². The molecule has 0 aliphatic carbocycles. The Morgan fingerprint density at radius 3 is 2.73 bits per heavy atom. The number of carbonyl (C=O) groups excluding carboxylic acids is 1. The van der Waals surface area contributed by atoms with Crippen LogP contribution in [0.15, 0.2) is 30.3 Å². The molecule has 4 nitrogen and oxygen atoms in total. The second kappa shape index (κ2) is 4.31. The lowest BCUT2D eigenvalue weighted by Gasteiger charge is -2.16. The average molecular weight is 205 g/mol. The lowest BCUT2D eigenvalue weighted by Crippen LogP contribution is -2.35. The van der Waals surface area contributed by atoms with E-state index in [1.54, 1.807) is 4.90 Å². The minimum Gasteiger partial charge on any atom is -0.326 e. The molecule has 4 heteroatoms. The summed E-state index contributed by atoms with van der Waals surface area (Å²) >= 11 is 0. The van der Waals surface area contributed by atoms with Crippen molar-refractivity contribution in [3.63, 3.8) is 0 Å². The summed E-state index contributed by atoms with van der Waals surface area (Å²) in [6, 6.07) is 9.51. The van der Waals surface area contributed by atoms with Crippen molar-refractivity contribution in [2.24, 2.45) is 5.73 Å². The number of urea groups is 1. The molecular formula is C11H15N3O. The van der Waals surface area contributed by atoms with Gasteiger partial charge < -0.3 is 16.0 Å². The Bertz CT molecular complexity index is 339. The van der Waals surface area contributed by atoms with E-state index >= 15 is 0 Å². The summed E-state index contributed by atoms with van der Waals surface area (Å²) in [4.78, 5) is 13.5. The van der Waals surface area contributed by atoms with Crippen LogP contribution in [0.5, 0.6) is 0 Å². The molecular weight excluding hydrogens is 190 g/mol. The first-order chi connectivity index (χ1) is 7.25. The molecule has 2 rings (SSSR count). The van der Waals surface area contributed by atoms with Gasteiger partial charge in [-0.15, -0.1) is 0 Å². The maximum absolute atomic E-state index is 11.7. The monoisotopic (exact) mass is 205 g/mol. The van der Waals surface area contributed by atoms with E-state index < -0.39 is 0 Å². The van der Waals surface area contributed by atoms with Crippen LogP contribution in [0.1, 0.15) is 6.42 Å². The second-order valence-electron chi connectivity index (χ2n) is 3.79. The zero-order chi connectivity index (χ0) is 10.7. The molecule has 3 N–H and O–H groups in total. The molecule has 0 radical (unpaired) electrons. The number of nitrogens with one attached hydrogen (secondary N) is 1. The lowest BCUT2D eigenvalue weighted by atomic mass is 10.3. The molecule has 1 unspecified atom stereocenters. The van der Waals surface area contributed by atoms with Crippen LogP contribution in [0.25, 0.3) is 0 Å². The zero-order valence-electron chi connectivity index (χ0n) is 8.52. The highest BCUT2D eigenvalue weighted by atomic mass is 16.2. The highest BCUT2D eigenvalue weighted by molar-refractivity contribution is 5.89. The molecule has 1 aliphatic heterocycles. The highest BCUT2D eigenvalue weighted by Gasteiger charge is 2.23. The van der Waals surface area contributed by atoms with Crippen LogP contribution in [0, 0.1) is 0 Å². The summed E-state index contributed by atoms with van der Waals surface area (Å²) in [5, 5.41) is 2.84. The number of nitrogens with two attached hydrogens (primary N) is 1. The first-order valence-corrected chi connectivity index (χ1v) is 5.12. The van der Waals surface area contributed by atoms with Gasteiger partial charge >= 0.3 is 6.03 Å². The Morgan fingerprint density at radius 2 is 2.13 bits per heavy atom. The zero-order valence-corrected chi connectivity index (χ0v) is 8.52. The number of hydrogen-bond acceptors (Lipinski definition) is 2. The van der Waals surface area contributed by atoms with E-state index in [4.69, 9.17) is 5.73 Å². The molecule has 1 aliphatic rings. The fourth-order valence-electron chi connectivity index (χ4n) is 1.70. The summed E-state index contributed by atoms with van der Waals surface area (Å²) < 4.78 is 0. The topological polar surface area (TPSA) is 58.4 Å². The van der Waals surface area contributed by atoms with Crippen LogP contribution in [-0.4, -0.2) is 30.1 Å². The largest absolute Gasteiger partial charge is 0.326 e. The molecule has 1 heterocycles. The molecule has 15 heavy (non-hydrogen) atoms. The van der Waals surface area contributed by atoms with Crippen LogP contribution >= 0.6 is 0 Å². The molecule has 80 valence electrons. The summed E-state index contributed by atoms with van der Waals surface area (Å²) in [5.41, 5.74) is 6.56. The first kappa shape index (κ1) is 9.98. The van der Waals surface area contributed by atoms with Crippen molar-refractivity contribution in [2.75, 3.05) is 18.4 Å². The lowest BCUT2D eigenvalue weighted by molar-refractivity contribution is 0.222. The maximum Gasteiger partial charge on any atom is 0.321 e. The molecule has 2 amide bonds. The van der Waals surface area contributed by atoms with E-state index in [1.807, 2.05) is 30.3 Å². The number of amides is 2. The van der Waals surface area contributed by atoms with Crippen LogP contribution in [0.4, 0.5) is 10.5 Å². The van der Waals surface area contributed by atoms with Crippen LogP contribution in [0.3, 0.4) is 0 Å². The number of benzene rings is 1. The average Bonchev–Trinajstić information content (AvgIpc) is 2.66. The summed E-state index contributed by atoms with van der Waals surface area (Å²) in [7, 11) is 0. The van der Waals surface area contributed by atoms with Gasteiger partial charge in [-0.05, 0) is 18.6 Å². The summed E-state index contributed by atoms with van der Waals surface area (Å²) in [5.74, 6) is 0. The molecule has 1 aromatic rings. The number of nitrogens with zero attached hydrogens (tertiary/aromatic N) is 1. The fourth-order valence-corrected chi connectivity index (χ4v) is 1.70. The highest BCUT2D eigenvalue weighted by Crippen LogP contribution is 2.11. The Labute approximate surface area is 89.1 Å². The number of hydrogen-bond donors (Lipinski definition) is 2. The third-order valence-electron chi connectivity index (χ3n) is 2.54. The van der Waals surface area contributed by atoms with Crippen molar-refractivity contribution >= 4 is 11.7 Å². The van der Waals surface area contributed by atoms with E-state index in [9.17, 15) is 4.79 Å². The normalized spacial score (nSPS) is 20.3. The molecule has 1 saturated heterocycles. The SMILES string of the molecule is NC1CCN(C(=O)Nc2ccccc2)C1. The molecule has 0 saturated carbocycles. The van der Waals surface area contributed by atoms with Crippen molar-refractivity contribution in [1.82, 2.24) is 4.90 Å². The predicted molar refractivity (Wildman–Crippen MR) is 59.6 cm³/mol. The smallest absolute Gasteiger partial charge is 0.321 e. The quantitative estimate of drug-likeness (QED) is 0.725. The minimum absolute atomic E-state index is 0.0610. The van der Waals surface area contributed by atoms with Crippen LogP contribution in [0.2, 0.25) is 0 Å². The Kier molecular flexibility index (Phi) is 2.87. The molecule has 0 spiro atoms. The van der Waals surface area contributed by atoms with Crippen molar-refractivity contribution in [3.8, 4) is 0 Å². The number of rotatable bonds is 1. The van der Waals surface area contributed by atoms with Crippen LogP contribution in [-0.2, 0) is 0 Å². The Hall–Kier alpha value is -1.55. The standard InChI is InChI=1S/C11H15N3O/c12-9-6-7-14(8-9)11(15)13-10-4-2-1-3-5-10/h1-5,9H,6-8,12H2,(H,13,15). The van der Waals surface area contributed by atoms with Crippen molar-refractivity contribution in [1.29, 1.82) is 0 Å². The Balaban J connectivity index is 1.93. The van der Waals surface area contributed by atoms with Gasteiger partial charge in [-0.3, -0.25) is 0 Å². The fraction of sp³-hybridized carbons (Fsp3) is 0.364. The predicted octanol–water partition coefficient (Wildman–Crippen LogP) is 1.25. The van der Waals surface area contributed by atoms with Gasteiger partial charge in [0.25, 0.3) is 0 Å². The van der Waals surface area contributed by atoms with Crippen molar-refractivity contribution in [3.05, 3.63) is 30.3 Å². The second-order valence-corrected chi connectivity index (χ2v) is 3.79. The molecule has 1 atom stereocenters. The summed E-state index contributed by atoms with van der Waals surface area (Å²) in [6.07, 6.45) is 0.891. The van der Waals surface area contributed by atoms with E-state index in [0.717, 1.165) is 18.7 Å². The van der Waals surface area contributed by atoms with Gasteiger partial charge in [-0.2, -0.15) is 0 Å². The number of para-hydroxylation sites is 1. The Morgan fingerprint density at radius 1 is 1.40 bits per heavy atom. The van der Waals surface area contributed by atoms with Gasteiger partial charge in [-0.25, -0.2) is 4.79 Å². The van der Waals surface area contributed by atoms with Crippen molar-refractivity contribution < 1.29 is 4.79 Å². The maximum atomic E-state index is 11.7. The van der Waals surface area contributed by atoms with Gasteiger partial charge in [-0.1, -0.05) is 18.2 Å². The van der Waals surface area contributed by atoms with Gasteiger partial charge in [0, 0.05) is 24.8 Å². The van der Waals surface area contributed by atoms with Crippen LogP contribution < -0.4 is 11.1 Å². The molecule has 1 fully saturated rings. The molecule has 1 aromatic carbocycles. The third-order valence-corrected chi connectivity index (χ3v) is 2.54. The van der Waals surface area contributed by atoms with E-state index in [-0.39, 0.29) is 12.1 Å². The third kappa shape index (κ3) is 2.47. The number of anilines is 1. The van der Waals surface area contributed by atoms with Gasteiger partial charge in [0.2, 0.25) is 0 Å².